The van der Waals surface area contributed by atoms with Crippen molar-refractivity contribution in [1.82, 2.24) is 4.90 Å². The predicted molar refractivity (Wildman–Crippen MR) is 64.7 cm³/mol. The summed E-state index contributed by atoms with van der Waals surface area (Å²) in [5, 5.41) is 8.86. The summed E-state index contributed by atoms with van der Waals surface area (Å²) in [6.45, 7) is 2.09. The molecule has 0 bridgehead atoms. The SMILES string of the molecule is Cl.O=C(O)C1CCN(Cc2ccc(F)cc2)C1. The van der Waals surface area contributed by atoms with Crippen molar-refractivity contribution in [3.05, 3.63) is 35.6 Å². The summed E-state index contributed by atoms with van der Waals surface area (Å²) in [4.78, 5) is 12.9. The summed E-state index contributed by atoms with van der Waals surface area (Å²) in [6, 6.07) is 6.34. The fourth-order valence-electron chi connectivity index (χ4n) is 2.03. The molecule has 1 aliphatic heterocycles. The molecule has 1 fully saturated rings. The monoisotopic (exact) mass is 259 g/mol. The van der Waals surface area contributed by atoms with Gasteiger partial charge in [-0.3, -0.25) is 9.69 Å². The van der Waals surface area contributed by atoms with Crippen molar-refractivity contribution >= 4 is 18.4 Å². The largest absolute Gasteiger partial charge is 0.481 e. The highest BCUT2D eigenvalue weighted by Crippen LogP contribution is 2.18. The molecule has 17 heavy (non-hydrogen) atoms. The number of likely N-dealkylation sites (tertiary alicyclic amines) is 1. The Hall–Kier alpha value is -1.13. The van der Waals surface area contributed by atoms with Crippen LogP contribution in [0.5, 0.6) is 0 Å². The lowest BCUT2D eigenvalue weighted by molar-refractivity contribution is -0.141. The molecule has 94 valence electrons. The zero-order valence-electron chi connectivity index (χ0n) is 9.30. The van der Waals surface area contributed by atoms with Crippen molar-refractivity contribution in [2.24, 2.45) is 5.92 Å². The third kappa shape index (κ3) is 3.68. The molecule has 0 spiro atoms. The van der Waals surface area contributed by atoms with Crippen molar-refractivity contribution in [2.45, 2.75) is 13.0 Å². The molecule has 1 aromatic carbocycles. The lowest BCUT2D eigenvalue weighted by Gasteiger charge is -2.14. The van der Waals surface area contributed by atoms with Crippen LogP contribution in [0, 0.1) is 11.7 Å². The van der Waals surface area contributed by atoms with Crippen LogP contribution >= 0.6 is 12.4 Å². The van der Waals surface area contributed by atoms with Crippen LogP contribution in [0.1, 0.15) is 12.0 Å². The Kier molecular flexibility index (Phi) is 4.90. The second-order valence-corrected chi connectivity index (χ2v) is 4.19. The van der Waals surface area contributed by atoms with Crippen molar-refractivity contribution < 1.29 is 14.3 Å². The molecule has 2 rings (SSSR count). The Bertz CT molecular complexity index is 383. The van der Waals surface area contributed by atoms with Gasteiger partial charge in [0.2, 0.25) is 0 Å². The molecule has 0 aromatic heterocycles. The maximum atomic E-state index is 12.7. The van der Waals surface area contributed by atoms with Crippen molar-refractivity contribution in [3.63, 3.8) is 0 Å². The molecule has 0 radical (unpaired) electrons. The number of halogens is 2. The molecule has 1 N–H and O–H groups in total. The smallest absolute Gasteiger partial charge is 0.307 e. The van der Waals surface area contributed by atoms with E-state index in [1.807, 2.05) is 0 Å². The Labute approximate surface area is 106 Å². The molecule has 5 heteroatoms. The molecule has 1 saturated heterocycles. The van der Waals surface area contributed by atoms with Gasteiger partial charge in [-0.15, -0.1) is 12.4 Å². The van der Waals surface area contributed by atoms with Crippen molar-refractivity contribution in [1.29, 1.82) is 0 Å². The van der Waals surface area contributed by atoms with Gasteiger partial charge in [0.15, 0.2) is 0 Å². The Balaban J connectivity index is 0.00000144. The van der Waals surface area contributed by atoms with Crippen molar-refractivity contribution in [2.75, 3.05) is 13.1 Å². The molecule has 1 aliphatic rings. The van der Waals surface area contributed by atoms with Crippen LogP contribution in [-0.4, -0.2) is 29.1 Å². The van der Waals surface area contributed by atoms with Gasteiger partial charge in [0.05, 0.1) is 5.92 Å². The highest BCUT2D eigenvalue weighted by atomic mass is 35.5. The number of hydrogen-bond acceptors (Lipinski definition) is 2. The molecule has 1 atom stereocenters. The van der Waals surface area contributed by atoms with E-state index in [1.165, 1.54) is 12.1 Å². The van der Waals surface area contributed by atoms with Gasteiger partial charge in [-0.05, 0) is 30.7 Å². The molecule has 1 aromatic rings. The van der Waals surface area contributed by atoms with E-state index in [0.29, 0.717) is 19.5 Å². The van der Waals surface area contributed by atoms with E-state index in [2.05, 4.69) is 4.90 Å². The number of carbonyl (C=O) groups is 1. The normalized spacial score (nSPS) is 19.9. The first-order chi connectivity index (χ1) is 7.65. The number of hydrogen-bond donors (Lipinski definition) is 1. The average molecular weight is 260 g/mol. The minimum atomic E-state index is -0.721. The topological polar surface area (TPSA) is 40.5 Å². The Morgan fingerprint density at radius 3 is 2.59 bits per heavy atom. The standard InChI is InChI=1S/C12H14FNO2.ClH/c13-11-3-1-9(2-4-11)7-14-6-5-10(8-14)12(15)16;/h1-4,10H,5-8H2,(H,15,16);1H. The second-order valence-electron chi connectivity index (χ2n) is 4.19. The number of nitrogens with zero attached hydrogens (tertiary/aromatic N) is 1. The van der Waals surface area contributed by atoms with Crippen molar-refractivity contribution in [3.8, 4) is 0 Å². The quantitative estimate of drug-likeness (QED) is 0.904. The number of carboxylic acids is 1. The summed E-state index contributed by atoms with van der Waals surface area (Å²) >= 11 is 0. The molecule has 1 heterocycles. The van der Waals surface area contributed by atoms with Crippen LogP contribution in [0.3, 0.4) is 0 Å². The minimum Gasteiger partial charge on any atom is -0.481 e. The van der Waals surface area contributed by atoms with Crippen LogP contribution in [0.4, 0.5) is 4.39 Å². The molecule has 0 amide bonds. The van der Waals surface area contributed by atoms with E-state index in [-0.39, 0.29) is 24.1 Å². The van der Waals surface area contributed by atoms with E-state index < -0.39 is 5.97 Å². The fraction of sp³-hybridized carbons (Fsp3) is 0.417. The minimum absolute atomic E-state index is 0. The number of benzene rings is 1. The first-order valence-electron chi connectivity index (χ1n) is 5.35. The molecular weight excluding hydrogens is 245 g/mol. The molecule has 0 aliphatic carbocycles. The van der Waals surface area contributed by atoms with Gasteiger partial charge in [-0.2, -0.15) is 0 Å². The molecular formula is C12H15ClFNO2. The van der Waals surface area contributed by atoms with Gasteiger partial charge in [0, 0.05) is 13.1 Å². The van der Waals surface area contributed by atoms with Gasteiger partial charge in [-0.1, -0.05) is 12.1 Å². The number of carboxylic acid groups (broad SMARTS) is 1. The summed E-state index contributed by atoms with van der Waals surface area (Å²) < 4.78 is 12.7. The lowest BCUT2D eigenvalue weighted by Crippen LogP contribution is -2.22. The van der Waals surface area contributed by atoms with Crippen LogP contribution in [0.2, 0.25) is 0 Å². The summed E-state index contributed by atoms with van der Waals surface area (Å²) in [5.74, 6) is -1.21. The van der Waals surface area contributed by atoms with Crippen LogP contribution < -0.4 is 0 Å². The third-order valence-electron chi connectivity index (χ3n) is 2.94. The second kappa shape index (κ2) is 5.98. The van der Waals surface area contributed by atoms with Crippen LogP contribution in [0.15, 0.2) is 24.3 Å². The number of aliphatic carboxylic acids is 1. The van der Waals surface area contributed by atoms with E-state index >= 15 is 0 Å². The number of rotatable bonds is 3. The first-order valence-corrected chi connectivity index (χ1v) is 5.35. The Morgan fingerprint density at radius 2 is 2.06 bits per heavy atom. The van der Waals surface area contributed by atoms with E-state index in [0.717, 1.165) is 12.1 Å². The average Bonchev–Trinajstić information content (AvgIpc) is 2.70. The zero-order valence-corrected chi connectivity index (χ0v) is 10.1. The molecule has 3 nitrogen and oxygen atoms in total. The Morgan fingerprint density at radius 1 is 1.41 bits per heavy atom. The van der Waals surface area contributed by atoms with E-state index in [4.69, 9.17) is 5.11 Å². The maximum Gasteiger partial charge on any atom is 0.307 e. The summed E-state index contributed by atoms with van der Waals surface area (Å²) in [5.41, 5.74) is 1.02. The van der Waals surface area contributed by atoms with Gasteiger partial charge < -0.3 is 5.11 Å². The van der Waals surface area contributed by atoms with Crippen LogP contribution in [0.25, 0.3) is 0 Å². The van der Waals surface area contributed by atoms with Gasteiger partial charge in [0.1, 0.15) is 5.82 Å². The van der Waals surface area contributed by atoms with Gasteiger partial charge >= 0.3 is 5.97 Å². The third-order valence-corrected chi connectivity index (χ3v) is 2.94. The first kappa shape index (κ1) is 13.9. The van der Waals surface area contributed by atoms with Gasteiger partial charge in [0.25, 0.3) is 0 Å². The predicted octanol–water partition coefficient (Wildman–Crippen LogP) is 2.15. The van der Waals surface area contributed by atoms with Crippen LogP contribution in [-0.2, 0) is 11.3 Å². The summed E-state index contributed by atoms with van der Waals surface area (Å²) in [6.07, 6.45) is 0.705. The molecule has 0 saturated carbocycles. The lowest BCUT2D eigenvalue weighted by atomic mass is 10.1. The fourth-order valence-corrected chi connectivity index (χ4v) is 2.03. The van der Waals surface area contributed by atoms with E-state index in [1.54, 1.807) is 12.1 Å². The van der Waals surface area contributed by atoms with E-state index in [9.17, 15) is 9.18 Å². The summed E-state index contributed by atoms with van der Waals surface area (Å²) in [7, 11) is 0. The zero-order chi connectivity index (χ0) is 11.5. The molecule has 1 unspecified atom stereocenters. The highest BCUT2D eigenvalue weighted by molar-refractivity contribution is 5.85. The van der Waals surface area contributed by atoms with Gasteiger partial charge in [-0.25, -0.2) is 4.39 Å². The maximum absolute atomic E-state index is 12.7. The highest BCUT2D eigenvalue weighted by Gasteiger charge is 2.27.